The van der Waals surface area contributed by atoms with E-state index in [4.69, 9.17) is 11.5 Å². The van der Waals surface area contributed by atoms with Gasteiger partial charge in [-0.1, -0.05) is 30.3 Å². The smallest absolute Gasteiger partial charge is 0.138 e. The monoisotopic (exact) mass is 224 g/mol. The van der Waals surface area contributed by atoms with Gasteiger partial charge in [0.1, 0.15) is 11.3 Å². The zero-order valence-corrected chi connectivity index (χ0v) is 9.14. The van der Waals surface area contributed by atoms with E-state index < -0.39 is 0 Å². The molecule has 3 rings (SSSR count). The van der Waals surface area contributed by atoms with E-state index in [0.717, 1.165) is 22.4 Å². The number of imidazole rings is 1. The Balaban J connectivity index is 2.24. The van der Waals surface area contributed by atoms with Crippen molar-refractivity contribution < 1.29 is 0 Å². The number of nitrogens with one attached hydrogen (secondary N) is 1. The molecule has 4 nitrogen and oxygen atoms in total. The summed E-state index contributed by atoms with van der Waals surface area (Å²) >= 11 is 0. The van der Waals surface area contributed by atoms with Crippen molar-refractivity contribution in [3.63, 3.8) is 0 Å². The molecule has 1 aromatic heterocycles. The summed E-state index contributed by atoms with van der Waals surface area (Å²) in [7, 11) is 0. The van der Waals surface area contributed by atoms with Gasteiger partial charge in [-0.25, -0.2) is 4.98 Å². The number of H-pyrrole nitrogens is 1. The van der Waals surface area contributed by atoms with Crippen LogP contribution in [0.4, 0.5) is 11.4 Å². The van der Waals surface area contributed by atoms with Crippen LogP contribution in [0.15, 0.2) is 42.5 Å². The van der Waals surface area contributed by atoms with E-state index >= 15 is 0 Å². The van der Waals surface area contributed by atoms with E-state index in [-0.39, 0.29) is 0 Å². The molecular weight excluding hydrogens is 212 g/mol. The molecule has 0 aliphatic carbocycles. The molecule has 0 saturated heterocycles. The van der Waals surface area contributed by atoms with Crippen LogP contribution >= 0.6 is 0 Å². The molecule has 5 N–H and O–H groups in total. The van der Waals surface area contributed by atoms with Crippen LogP contribution in [0.3, 0.4) is 0 Å². The first-order valence-corrected chi connectivity index (χ1v) is 5.35. The predicted octanol–water partition coefficient (Wildman–Crippen LogP) is 2.39. The van der Waals surface area contributed by atoms with Gasteiger partial charge in [0.25, 0.3) is 0 Å². The van der Waals surface area contributed by atoms with Crippen molar-refractivity contribution in [2.45, 2.75) is 0 Å². The number of nitrogens with two attached hydrogens (primary N) is 2. The number of benzene rings is 2. The number of fused-ring (bicyclic) bond motifs is 1. The van der Waals surface area contributed by atoms with Crippen molar-refractivity contribution in [2.24, 2.45) is 0 Å². The SMILES string of the molecule is Nc1ccc2[nH]c(-c3ccccc3)nc2c1N. The van der Waals surface area contributed by atoms with E-state index in [1.54, 1.807) is 6.07 Å². The van der Waals surface area contributed by atoms with E-state index in [1.165, 1.54) is 0 Å². The van der Waals surface area contributed by atoms with Crippen molar-refractivity contribution >= 4 is 22.4 Å². The fourth-order valence-corrected chi connectivity index (χ4v) is 1.85. The predicted molar refractivity (Wildman–Crippen MR) is 70.4 cm³/mol. The molecule has 0 saturated carbocycles. The van der Waals surface area contributed by atoms with Gasteiger partial charge in [0.05, 0.1) is 16.9 Å². The van der Waals surface area contributed by atoms with Gasteiger partial charge in [-0.15, -0.1) is 0 Å². The topological polar surface area (TPSA) is 80.7 Å². The Labute approximate surface area is 98.3 Å². The molecule has 0 bridgehead atoms. The molecule has 1 heterocycles. The molecule has 0 spiro atoms. The Morgan fingerprint density at radius 2 is 1.71 bits per heavy atom. The highest BCUT2D eigenvalue weighted by Gasteiger charge is 2.08. The van der Waals surface area contributed by atoms with Gasteiger partial charge >= 0.3 is 0 Å². The minimum absolute atomic E-state index is 0.529. The number of hydrogen-bond donors (Lipinski definition) is 3. The van der Waals surface area contributed by atoms with Crippen molar-refractivity contribution in [1.82, 2.24) is 9.97 Å². The molecule has 0 aliphatic heterocycles. The summed E-state index contributed by atoms with van der Waals surface area (Å²) in [5.41, 5.74) is 15.4. The third kappa shape index (κ3) is 1.50. The third-order valence-electron chi connectivity index (χ3n) is 2.77. The van der Waals surface area contributed by atoms with E-state index in [0.29, 0.717) is 11.4 Å². The van der Waals surface area contributed by atoms with Crippen LogP contribution < -0.4 is 11.5 Å². The summed E-state index contributed by atoms with van der Waals surface area (Å²) in [6.07, 6.45) is 0. The molecule has 0 atom stereocenters. The Morgan fingerprint density at radius 3 is 2.47 bits per heavy atom. The fraction of sp³-hybridized carbons (Fsp3) is 0. The number of nitrogen functional groups attached to an aromatic ring is 2. The van der Waals surface area contributed by atoms with Gasteiger partial charge in [-0.3, -0.25) is 0 Å². The van der Waals surface area contributed by atoms with Crippen LogP contribution in [-0.2, 0) is 0 Å². The van der Waals surface area contributed by atoms with Gasteiger partial charge in [0.15, 0.2) is 0 Å². The molecular formula is C13H12N4. The van der Waals surface area contributed by atoms with Crippen molar-refractivity contribution in [2.75, 3.05) is 11.5 Å². The molecule has 2 aromatic carbocycles. The third-order valence-corrected chi connectivity index (χ3v) is 2.77. The molecule has 84 valence electrons. The molecule has 0 radical (unpaired) electrons. The lowest BCUT2D eigenvalue weighted by Crippen LogP contribution is -1.94. The van der Waals surface area contributed by atoms with Crippen LogP contribution in [0, 0.1) is 0 Å². The first-order valence-electron chi connectivity index (χ1n) is 5.35. The van der Waals surface area contributed by atoms with Gasteiger partial charge in [-0.2, -0.15) is 0 Å². The average molecular weight is 224 g/mol. The quantitative estimate of drug-likeness (QED) is 0.555. The molecule has 0 unspecified atom stereocenters. The maximum Gasteiger partial charge on any atom is 0.138 e. The van der Waals surface area contributed by atoms with Crippen LogP contribution in [0.5, 0.6) is 0 Å². The van der Waals surface area contributed by atoms with Crippen LogP contribution in [0.1, 0.15) is 0 Å². The average Bonchev–Trinajstić information content (AvgIpc) is 2.80. The highest BCUT2D eigenvalue weighted by atomic mass is 14.9. The molecule has 3 aromatic rings. The van der Waals surface area contributed by atoms with Gasteiger partial charge in [0.2, 0.25) is 0 Å². The highest BCUT2D eigenvalue weighted by molar-refractivity contribution is 5.95. The maximum atomic E-state index is 5.90. The summed E-state index contributed by atoms with van der Waals surface area (Å²) in [6, 6.07) is 13.6. The lowest BCUT2D eigenvalue weighted by Gasteiger charge is -1.98. The summed E-state index contributed by atoms with van der Waals surface area (Å²) < 4.78 is 0. The van der Waals surface area contributed by atoms with Gasteiger partial charge in [0, 0.05) is 5.56 Å². The Kier molecular flexibility index (Phi) is 2.01. The van der Waals surface area contributed by atoms with Crippen molar-refractivity contribution in [3.8, 4) is 11.4 Å². The zero-order chi connectivity index (χ0) is 11.8. The van der Waals surface area contributed by atoms with Gasteiger partial charge < -0.3 is 16.5 Å². The highest BCUT2D eigenvalue weighted by Crippen LogP contribution is 2.27. The number of aromatic amines is 1. The first kappa shape index (κ1) is 9.72. The maximum absolute atomic E-state index is 5.90. The number of hydrogen-bond acceptors (Lipinski definition) is 3. The summed E-state index contributed by atoms with van der Waals surface area (Å²) in [4.78, 5) is 7.72. The molecule has 4 heteroatoms. The second kappa shape index (κ2) is 3.52. The molecule has 0 aliphatic rings. The minimum Gasteiger partial charge on any atom is -0.397 e. The summed E-state index contributed by atoms with van der Waals surface area (Å²) in [6.45, 7) is 0. The standard InChI is InChI=1S/C13H12N4/c14-9-6-7-10-12(11(9)15)17-13(16-10)8-4-2-1-3-5-8/h1-7H,14-15H2,(H,16,17). The van der Waals surface area contributed by atoms with Crippen LogP contribution in [-0.4, -0.2) is 9.97 Å². The lowest BCUT2D eigenvalue weighted by atomic mass is 10.2. The Morgan fingerprint density at radius 1 is 0.941 bits per heavy atom. The first-order chi connectivity index (χ1) is 8.25. The van der Waals surface area contributed by atoms with Gasteiger partial charge in [-0.05, 0) is 12.1 Å². The number of rotatable bonds is 1. The van der Waals surface area contributed by atoms with Crippen molar-refractivity contribution in [1.29, 1.82) is 0 Å². The van der Waals surface area contributed by atoms with E-state index in [1.807, 2.05) is 36.4 Å². The fourth-order valence-electron chi connectivity index (χ4n) is 1.85. The lowest BCUT2D eigenvalue weighted by molar-refractivity contribution is 1.34. The minimum atomic E-state index is 0.529. The summed E-state index contributed by atoms with van der Waals surface area (Å²) in [5, 5.41) is 0. The van der Waals surface area contributed by atoms with E-state index in [9.17, 15) is 0 Å². The Hall–Kier alpha value is -2.49. The second-order valence-corrected chi connectivity index (χ2v) is 3.92. The molecule has 17 heavy (non-hydrogen) atoms. The van der Waals surface area contributed by atoms with Crippen molar-refractivity contribution in [3.05, 3.63) is 42.5 Å². The Bertz CT molecular complexity index is 670. The van der Waals surface area contributed by atoms with Crippen LogP contribution in [0.2, 0.25) is 0 Å². The summed E-state index contributed by atoms with van der Waals surface area (Å²) in [5.74, 6) is 0.804. The normalized spacial score (nSPS) is 10.8. The largest absolute Gasteiger partial charge is 0.397 e. The second-order valence-electron chi connectivity index (χ2n) is 3.92. The molecule has 0 fully saturated rings. The van der Waals surface area contributed by atoms with Crippen LogP contribution in [0.25, 0.3) is 22.4 Å². The molecule has 0 amide bonds. The zero-order valence-electron chi connectivity index (χ0n) is 9.14. The number of nitrogens with zero attached hydrogens (tertiary/aromatic N) is 1. The van der Waals surface area contributed by atoms with E-state index in [2.05, 4.69) is 9.97 Å². The number of anilines is 2. The number of aromatic nitrogens is 2.